The topological polar surface area (TPSA) is 51.2 Å². The van der Waals surface area contributed by atoms with E-state index in [-0.39, 0.29) is 34.4 Å². The molecule has 0 amide bonds. The molecule has 2 aromatic carbocycles. The van der Waals surface area contributed by atoms with Crippen LogP contribution in [0.15, 0.2) is 60.2 Å². The molecule has 0 atom stereocenters. The van der Waals surface area contributed by atoms with Crippen molar-refractivity contribution < 1.29 is 14.4 Å². The van der Waals surface area contributed by atoms with Crippen LogP contribution in [0.4, 0.5) is 0 Å². The Morgan fingerprint density at radius 1 is 0.783 bits per heavy atom. The maximum absolute atomic E-state index is 12.9. The molecular weight excluding hydrogens is 288 g/mol. The van der Waals surface area contributed by atoms with Gasteiger partial charge in [-0.1, -0.05) is 68.4 Å². The van der Waals surface area contributed by atoms with Gasteiger partial charge in [-0.3, -0.25) is 14.4 Å². The molecule has 0 radical (unpaired) electrons. The van der Waals surface area contributed by atoms with E-state index in [1.807, 2.05) is 6.07 Å². The fourth-order valence-electron chi connectivity index (χ4n) is 2.78. The highest BCUT2D eigenvalue weighted by molar-refractivity contribution is 6.47. The van der Waals surface area contributed by atoms with Crippen LogP contribution >= 0.6 is 0 Å². The number of ketones is 3. The molecule has 23 heavy (non-hydrogen) atoms. The summed E-state index contributed by atoms with van der Waals surface area (Å²) in [6.45, 7) is 3.46. The van der Waals surface area contributed by atoms with Crippen LogP contribution in [-0.4, -0.2) is 17.3 Å². The molecule has 114 valence electrons. The van der Waals surface area contributed by atoms with Gasteiger partial charge in [-0.15, -0.1) is 0 Å². The number of rotatable bonds is 3. The standard InChI is InChI=1S/C20H16O3/c1-12(2)18(21)17-16(13-8-4-3-5-9-13)19(22)14-10-6-7-11-15(14)20(17)23/h3-12H,1-2H3. The number of carbonyl (C=O) groups is 3. The van der Waals surface area contributed by atoms with Crippen LogP contribution in [0.2, 0.25) is 0 Å². The lowest BCUT2D eigenvalue weighted by atomic mass is 9.78. The second-order valence-corrected chi connectivity index (χ2v) is 5.84. The quantitative estimate of drug-likeness (QED) is 0.812. The van der Waals surface area contributed by atoms with Crippen LogP contribution in [0.5, 0.6) is 0 Å². The fraction of sp³-hybridized carbons (Fsp3) is 0.150. The maximum atomic E-state index is 12.9. The Bertz CT molecular complexity index is 842. The summed E-state index contributed by atoms with van der Waals surface area (Å²) in [5, 5.41) is 0. The molecule has 0 aromatic heterocycles. The second kappa shape index (κ2) is 5.76. The third kappa shape index (κ3) is 2.44. The molecule has 0 spiro atoms. The van der Waals surface area contributed by atoms with E-state index in [1.165, 1.54) is 0 Å². The van der Waals surface area contributed by atoms with Crippen LogP contribution in [0.1, 0.15) is 40.1 Å². The molecule has 0 heterocycles. The van der Waals surface area contributed by atoms with E-state index < -0.39 is 0 Å². The van der Waals surface area contributed by atoms with Gasteiger partial charge in [0.2, 0.25) is 0 Å². The second-order valence-electron chi connectivity index (χ2n) is 5.84. The fourth-order valence-corrected chi connectivity index (χ4v) is 2.78. The van der Waals surface area contributed by atoms with Crippen LogP contribution in [0.25, 0.3) is 5.57 Å². The number of allylic oxidation sites excluding steroid dienone is 2. The monoisotopic (exact) mass is 304 g/mol. The van der Waals surface area contributed by atoms with E-state index in [1.54, 1.807) is 62.4 Å². The lowest BCUT2D eigenvalue weighted by molar-refractivity contribution is -0.117. The van der Waals surface area contributed by atoms with Gasteiger partial charge in [0.15, 0.2) is 17.3 Å². The molecule has 1 aliphatic carbocycles. The van der Waals surface area contributed by atoms with E-state index >= 15 is 0 Å². The zero-order valence-electron chi connectivity index (χ0n) is 13.0. The smallest absolute Gasteiger partial charge is 0.198 e. The first-order valence-electron chi connectivity index (χ1n) is 7.54. The zero-order valence-corrected chi connectivity index (χ0v) is 13.0. The van der Waals surface area contributed by atoms with Gasteiger partial charge in [0.05, 0.1) is 5.57 Å². The number of benzene rings is 2. The summed E-state index contributed by atoms with van der Waals surface area (Å²) in [6, 6.07) is 15.6. The maximum Gasteiger partial charge on any atom is 0.198 e. The predicted octanol–water partition coefficient (Wildman–Crippen LogP) is 3.74. The Balaban J connectivity index is 2.32. The van der Waals surface area contributed by atoms with Crippen molar-refractivity contribution in [3.8, 4) is 0 Å². The van der Waals surface area contributed by atoms with Gasteiger partial charge >= 0.3 is 0 Å². The third-order valence-electron chi connectivity index (χ3n) is 3.95. The van der Waals surface area contributed by atoms with Crippen molar-refractivity contribution >= 4 is 22.9 Å². The number of hydrogen-bond donors (Lipinski definition) is 0. The predicted molar refractivity (Wildman–Crippen MR) is 88.3 cm³/mol. The Morgan fingerprint density at radius 3 is 1.87 bits per heavy atom. The summed E-state index contributed by atoms with van der Waals surface area (Å²) in [5.74, 6) is -1.28. The van der Waals surface area contributed by atoms with Gasteiger partial charge in [-0.25, -0.2) is 0 Å². The molecule has 0 fully saturated rings. The molecule has 0 bridgehead atoms. The molecule has 3 rings (SSSR count). The summed E-state index contributed by atoms with van der Waals surface area (Å²) < 4.78 is 0. The Labute approximate surface area is 134 Å². The highest BCUT2D eigenvalue weighted by Gasteiger charge is 2.36. The Hall–Kier alpha value is -2.81. The molecule has 0 saturated heterocycles. The zero-order chi connectivity index (χ0) is 16.6. The number of carbonyl (C=O) groups excluding carboxylic acids is 3. The van der Waals surface area contributed by atoms with Crippen molar-refractivity contribution in [1.29, 1.82) is 0 Å². The molecule has 0 unspecified atom stereocenters. The van der Waals surface area contributed by atoms with Crippen LogP contribution in [0, 0.1) is 5.92 Å². The van der Waals surface area contributed by atoms with E-state index in [0.717, 1.165) is 0 Å². The number of Topliss-reactive ketones (excluding diaryl/α,β-unsaturated/α-hetero) is 3. The van der Waals surface area contributed by atoms with Crippen LogP contribution in [-0.2, 0) is 4.79 Å². The normalized spacial score (nSPS) is 14.2. The van der Waals surface area contributed by atoms with Gasteiger partial charge in [0.1, 0.15) is 0 Å². The molecule has 0 aliphatic heterocycles. The van der Waals surface area contributed by atoms with Gasteiger partial charge < -0.3 is 0 Å². The average Bonchev–Trinajstić information content (AvgIpc) is 2.58. The van der Waals surface area contributed by atoms with Crippen molar-refractivity contribution in [1.82, 2.24) is 0 Å². The Morgan fingerprint density at radius 2 is 1.30 bits per heavy atom. The minimum absolute atomic E-state index is 0.00917. The molecular formula is C20H16O3. The van der Waals surface area contributed by atoms with E-state index in [9.17, 15) is 14.4 Å². The van der Waals surface area contributed by atoms with E-state index in [0.29, 0.717) is 16.7 Å². The molecule has 0 N–H and O–H groups in total. The molecule has 3 nitrogen and oxygen atoms in total. The van der Waals surface area contributed by atoms with Gasteiger partial charge in [-0.05, 0) is 5.56 Å². The van der Waals surface area contributed by atoms with Crippen LogP contribution in [0.3, 0.4) is 0 Å². The van der Waals surface area contributed by atoms with Crippen molar-refractivity contribution in [2.24, 2.45) is 5.92 Å². The largest absolute Gasteiger partial charge is 0.294 e. The van der Waals surface area contributed by atoms with Crippen molar-refractivity contribution in [3.05, 3.63) is 76.9 Å². The van der Waals surface area contributed by atoms with Crippen molar-refractivity contribution in [2.75, 3.05) is 0 Å². The summed E-state index contributed by atoms with van der Waals surface area (Å²) in [6.07, 6.45) is 0. The summed E-state index contributed by atoms with van der Waals surface area (Å²) in [4.78, 5) is 38.4. The number of hydrogen-bond acceptors (Lipinski definition) is 3. The summed E-state index contributed by atoms with van der Waals surface area (Å²) in [7, 11) is 0. The summed E-state index contributed by atoms with van der Waals surface area (Å²) in [5.41, 5.74) is 1.49. The first kappa shape index (κ1) is 15.1. The molecule has 0 saturated carbocycles. The lowest BCUT2D eigenvalue weighted by Gasteiger charge is -2.21. The highest BCUT2D eigenvalue weighted by Crippen LogP contribution is 2.33. The third-order valence-corrected chi connectivity index (χ3v) is 3.95. The molecule has 1 aliphatic rings. The molecule has 3 heteroatoms. The average molecular weight is 304 g/mol. The molecule has 2 aromatic rings. The van der Waals surface area contributed by atoms with Crippen molar-refractivity contribution in [2.45, 2.75) is 13.8 Å². The minimum atomic E-state index is -0.363. The van der Waals surface area contributed by atoms with E-state index in [2.05, 4.69) is 0 Å². The first-order chi connectivity index (χ1) is 11.0. The number of fused-ring (bicyclic) bond motifs is 1. The highest BCUT2D eigenvalue weighted by atomic mass is 16.2. The SMILES string of the molecule is CC(C)C(=O)C1=C(c2ccccc2)C(=O)c2ccccc2C1=O. The summed E-state index contributed by atoms with van der Waals surface area (Å²) >= 11 is 0. The van der Waals surface area contributed by atoms with Gasteiger partial charge in [0.25, 0.3) is 0 Å². The minimum Gasteiger partial charge on any atom is -0.294 e. The van der Waals surface area contributed by atoms with Gasteiger partial charge in [-0.2, -0.15) is 0 Å². The van der Waals surface area contributed by atoms with E-state index in [4.69, 9.17) is 0 Å². The van der Waals surface area contributed by atoms with Crippen LogP contribution < -0.4 is 0 Å². The van der Waals surface area contributed by atoms with Crippen molar-refractivity contribution in [3.63, 3.8) is 0 Å². The lowest BCUT2D eigenvalue weighted by Crippen LogP contribution is -2.28. The first-order valence-corrected chi connectivity index (χ1v) is 7.54. The Kier molecular flexibility index (Phi) is 3.78. The van der Waals surface area contributed by atoms with Gasteiger partial charge in [0, 0.05) is 22.6 Å².